The lowest BCUT2D eigenvalue weighted by atomic mass is 9.96. The fourth-order valence-electron chi connectivity index (χ4n) is 2.94. The van der Waals surface area contributed by atoms with Crippen LogP contribution in [-0.4, -0.2) is 30.6 Å². The first-order valence-electron chi connectivity index (χ1n) is 7.69. The number of anilines is 1. The highest BCUT2D eigenvalue weighted by atomic mass is 16.1. The van der Waals surface area contributed by atoms with Crippen LogP contribution in [0.2, 0.25) is 0 Å². The number of hydrogen-bond donors (Lipinski definition) is 2. The van der Waals surface area contributed by atoms with E-state index in [4.69, 9.17) is 5.73 Å². The molecule has 0 saturated carbocycles. The summed E-state index contributed by atoms with van der Waals surface area (Å²) in [5, 5.41) is 7.70. The Bertz CT molecular complexity index is 963. The zero-order valence-electron chi connectivity index (χ0n) is 13.4. The van der Waals surface area contributed by atoms with Gasteiger partial charge in [0.15, 0.2) is 5.82 Å². The van der Waals surface area contributed by atoms with Gasteiger partial charge >= 0.3 is 0 Å². The zero-order valence-corrected chi connectivity index (χ0v) is 13.4. The monoisotopic (exact) mass is 333 g/mol. The van der Waals surface area contributed by atoms with Gasteiger partial charge in [-0.1, -0.05) is 0 Å². The minimum atomic E-state index is -0.504. The molecule has 8 nitrogen and oxygen atoms in total. The summed E-state index contributed by atoms with van der Waals surface area (Å²) in [6, 6.07) is 6.91. The van der Waals surface area contributed by atoms with E-state index >= 15 is 0 Å². The number of primary amides is 1. The highest BCUT2D eigenvalue weighted by Crippen LogP contribution is 2.35. The molecule has 3 aromatic heterocycles. The van der Waals surface area contributed by atoms with Gasteiger partial charge in [-0.25, -0.2) is 4.68 Å². The van der Waals surface area contributed by atoms with Crippen molar-refractivity contribution in [2.45, 2.75) is 13.0 Å². The lowest BCUT2D eigenvalue weighted by Gasteiger charge is -2.27. The fraction of sp³-hybridized carbons (Fsp3) is 0.118. The van der Waals surface area contributed by atoms with Gasteiger partial charge in [0.05, 0.1) is 5.57 Å². The topological polar surface area (TPSA) is 112 Å². The maximum absolute atomic E-state index is 12.1. The summed E-state index contributed by atoms with van der Waals surface area (Å²) in [6.07, 6.45) is 6.72. The van der Waals surface area contributed by atoms with Crippen LogP contribution in [0, 0.1) is 0 Å². The van der Waals surface area contributed by atoms with Crippen molar-refractivity contribution in [1.82, 2.24) is 24.7 Å². The first-order chi connectivity index (χ1) is 12.1. The van der Waals surface area contributed by atoms with Crippen LogP contribution < -0.4 is 11.1 Å². The van der Waals surface area contributed by atoms with E-state index in [1.807, 2.05) is 24.3 Å². The Hall–Kier alpha value is -3.55. The van der Waals surface area contributed by atoms with Crippen molar-refractivity contribution in [3.8, 4) is 11.4 Å². The first-order valence-corrected chi connectivity index (χ1v) is 7.69. The number of aromatic nitrogens is 5. The van der Waals surface area contributed by atoms with Crippen molar-refractivity contribution in [3.63, 3.8) is 0 Å². The maximum Gasteiger partial charge on any atom is 0.248 e. The van der Waals surface area contributed by atoms with Crippen molar-refractivity contribution in [2.75, 3.05) is 5.32 Å². The quantitative estimate of drug-likeness (QED) is 0.751. The number of amides is 1. The average Bonchev–Trinajstić information content (AvgIpc) is 3.05. The number of fused-ring (bicyclic) bond motifs is 1. The minimum Gasteiger partial charge on any atom is -0.366 e. The smallest absolute Gasteiger partial charge is 0.248 e. The molecular formula is C17H15N7O. The number of pyridine rings is 2. The molecule has 0 aliphatic carbocycles. The SMILES string of the molecule is CC1=C(C(N)=O)C(c2ccncc2)n2nc(-c3cccnc3)nc2N1. The van der Waals surface area contributed by atoms with E-state index in [0.717, 1.165) is 11.1 Å². The molecule has 4 heterocycles. The van der Waals surface area contributed by atoms with Gasteiger partial charge < -0.3 is 11.1 Å². The van der Waals surface area contributed by atoms with E-state index in [-0.39, 0.29) is 0 Å². The summed E-state index contributed by atoms with van der Waals surface area (Å²) in [7, 11) is 0. The molecule has 1 aliphatic heterocycles. The summed E-state index contributed by atoms with van der Waals surface area (Å²) in [5.41, 5.74) is 8.39. The standard InChI is InChI=1S/C17H15N7O/c1-10-13(15(18)25)14(11-4-7-19-8-5-11)24-17(21-10)22-16(23-24)12-3-2-6-20-9-12/h2-9,14H,1H3,(H2,18,25)(H,21,22,23). The molecule has 124 valence electrons. The second kappa shape index (κ2) is 5.82. The molecule has 8 heteroatoms. The number of hydrogen-bond acceptors (Lipinski definition) is 6. The van der Waals surface area contributed by atoms with Gasteiger partial charge in [-0.15, -0.1) is 5.10 Å². The highest BCUT2D eigenvalue weighted by Gasteiger charge is 2.33. The number of nitrogens with two attached hydrogens (primary N) is 1. The van der Waals surface area contributed by atoms with Crippen LogP contribution in [0.4, 0.5) is 5.95 Å². The third-order valence-electron chi connectivity index (χ3n) is 4.06. The molecule has 3 N–H and O–H groups in total. The molecule has 0 fully saturated rings. The maximum atomic E-state index is 12.1. The summed E-state index contributed by atoms with van der Waals surface area (Å²) < 4.78 is 1.67. The lowest BCUT2D eigenvalue weighted by molar-refractivity contribution is -0.115. The molecule has 25 heavy (non-hydrogen) atoms. The van der Waals surface area contributed by atoms with E-state index < -0.39 is 11.9 Å². The van der Waals surface area contributed by atoms with Gasteiger partial charge in [-0.2, -0.15) is 4.98 Å². The molecule has 0 aromatic carbocycles. The second-order valence-corrected chi connectivity index (χ2v) is 5.66. The molecular weight excluding hydrogens is 318 g/mol. The summed E-state index contributed by atoms with van der Waals surface area (Å²) in [5.74, 6) is 0.562. The van der Waals surface area contributed by atoms with E-state index in [9.17, 15) is 4.79 Å². The predicted molar refractivity (Wildman–Crippen MR) is 91.1 cm³/mol. The third-order valence-corrected chi connectivity index (χ3v) is 4.06. The van der Waals surface area contributed by atoms with Crippen LogP contribution in [0.15, 0.2) is 60.3 Å². The molecule has 3 aromatic rings. The number of carbonyl (C=O) groups is 1. The molecule has 0 saturated heterocycles. The van der Waals surface area contributed by atoms with Gasteiger partial charge in [0.1, 0.15) is 6.04 Å². The first kappa shape index (κ1) is 15.0. The van der Waals surface area contributed by atoms with Gasteiger partial charge in [0.2, 0.25) is 11.9 Å². The zero-order chi connectivity index (χ0) is 17.4. The van der Waals surface area contributed by atoms with Crippen LogP contribution in [0.25, 0.3) is 11.4 Å². The summed E-state index contributed by atoms with van der Waals surface area (Å²) in [4.78, 5) is 24.7. The number of nitrogens with one attached hydrogen (secondary N) is 1. The van der Waals surface area contributed by atoms with Crippen LogP contribution in [0.5, 0.6) is 0 Å². The van der Waals surface area contributed by atoms with Crippen LogP contribution in [-0.2, 0) is 4.79 Å². The van der Waals surface area contributed by atoms with Gasteiger partial charge in [-0.05, 0) is 36.8 Å². The van der Waals surface area contributed by atoms with Gasteiger partial charge in [0, 0.05) is 36.0 Å². The number of carbonyl (C=O) groups excluding carboxylic acids is 1. The van der Waals surface area contributed by atoms with Gasteiger partial charge in [-0.3, -0.25) is 14.8 Å². The van der Waals surface area contributed by atoms with Crippen molar-refractivity contribution < 1.29 is 4.79 Å². The lowest BCUT2D eigenvalue weighted by Crippen LogP contribution is -2.31. The van der Waals surface area contributed by atoms with Crippen molar-refractivity contribution in [1.29, 1.82) is 0 Å². The van der Waals surface area contributed by atoms with Crippen LogP contribution in [0.1, 0.15) is 18.5 Å². The summed E-state index contributed by atoms with van der Waals surface area (Å²) >= 11 is 0. The second-order valence-electron chi connectivity index (χ2n) is 5.66. The Morgan fingerprint density at radius 2 is 2.00 bits per heavy atom. The van der Waals surface area contributed by atoms with E-state index in [0.29, 0.717) is 23.0 Å². The number of allylic oxidation sites excluding steroid dienone is 1. The van der Waals surface area contributed by atoms with Crippen molar-refractivity contribution in [2.24, 2.45) is 5.73 Å². The summed E-state index contributed by atoms with van der Waals surface area (Å²) in [6.45, 7) is 1.80. The molecule has 0 spiro atoms. The largest absolute Gasteiger partial charge is 0.366 e. The minimum absolute atomic E-state index is 0.446. The molecule has 1 unspecified atom stereocenters. The fourth-order valence-corrected chi connectivity index (χ4v) is 2.94. The highest BCUT2D eigenvalue weighted by molar-refractivity contribution is 5.95. The number of rotatable bonds is 3. The molecule has 1 atom stereocenters. The van der Waals surface area contributed by atoms with Crippen molar-refractivity contribution in [3.05, 3.63) is 65.9 Å². The molecule has 0 bridgehead atoms. The predicted octanol–water partition coefficient (Wildman–Crippen LogP) is 1.51. The Morgan fingerprint density at radius 1 is 1.20 bits per heavy atom. The Labute approximate surface area is 143 Å². The van der Waals surface area contributed by atoms with Crippen LogP contribution in [0.3, 0.4) is 0 Å². The molecule has 1 amide bonds. The Morgan fingerprint density at radius 3 is 2.68 bits per heavy atom. The Balaban J connectivity index is 1.89. The van der Waals surface area contributed by atoms with E-state index in [1.54, 1.807) is 36.4 Å². The number of nitrogens with zero attached hydrogens (tertiary/aromatic N) is 5. The van der Waals surface area contributed by atoms with E-state index in [2.05, 4.69) is 25.4 Å². The average molecular weight is 333 g/mol. The van der Waals surface area contributed by atoms with Gasteiger partial charge in [0.25, 0.3) is 0 Å². The van der Waals surface area contributed by atoms with E-state index in [1.165, 1.54) is 0 Å². The third kappa shape index (κ3) is 2.53. The van der Waals surface area contributed by atoms with Crippen molar-refractivity contribution >= 4 is 11.9 Å². The normalized spacial score (nSPS) is 16.3. The Kier molecular flexibility index (Phi) is 3.50. The molecule has 4 rings (SSSR count). The van der Waals surface area contributed by atoms with Crippen LogP contribution >= 0.6 is 0 Å². The molecule has 1 aliphatic rings. The molecule has 0 radical (unpaired) electrons.